The fourth-order valence-corrected chi connectivity index (χ4v) is 4.23. The van der Waals surface area contributed by atoms with Crippen molar-refractivity contribution in [1.82, 2.24) is 14.5 Å². The van der Waals surface area contributed by atoms with Crippen molar-refractivity contribution in [3.8, 4) is 0 Å². The number of carbonyl (C=O) groups excluding carboxylic acids is 2. The van der Waals surface area contributed by atoms with Crippen molar-refractivity contribution in [1.29, 1.82) is 0 Å². The number of rotatable bonds is 6. The summed E-state index contributed by atoms with van der Waals surface area (Å²) in [6, 6.07) is 8.34. The molecule has 0 saturated carbocycles. The van der Waals surface area contributed by atoms with Crippen molar-refractivity contribution < 1.29 is 18.0 Å². The highest BCUT2D eigenvalue weighted by Gasteiger charge is 2.29. The molecule has 7 nitrogen and oxygen atoms in total. The maximum atomic E-state index is 12.6. The van der Waals surface area contributed by atoms with E-state index in [0.29, 0.717) is 45.6 Å². The first-order valence-corrected chi connectivity index (χ1v) is 10.7. The molecule has 1 fully saturated rings. The van der Waals surface area contributed by atoms with E-state index in [9.17, 15) is 18.0 Å². The van der Waals surface area contributed by atoms with Gasteiger partial charge < -0.3 is 10.2 Å². The lowest BCUT2D eigenvalue weighted by Crippen LogP contribution is -2.50. The van der Waals surface area contributed by atoms with Gasteiger partial charge in [0.15, 0.2) is 0 Å². The lowest BCUT2D eigenvalue weighted by molar-refractivity contribution is -0.133. The number of nitrogens with one attached hydrogen (secondary N) is 1. The van der Waals surface area contributed by atoms with Crippen LogP contribution in [-0.4, -0.2) is 62.2 Å². The van der Waals surface area contributed by atoms with Gasteiger partial charge in [-0.1, -0.05) is 39.0 Å². The van der Waals surface area contributed by atoms with E-state index in [0.717, 1.165) is 0 Å². The lowest BCUT2D eigenvalue weighted by Gasteiger charge is -2.34. The predicted octanol–water partition coefficient (Wildman–Crippen LogP) is 1.46. The summed E-state index contributed by atoms with van der Waals surface area (Å²) in [7, 11) is -3.51. The molecule has 0 aromatic heterocycles. The Morgan fingerprint density at radius 2 is 1.63 bits per heavy atom. The van der Waals surface area contributed by atoms with Crippen LogP contribution >= 0.6 is 0 Å². The molecule has 0 atom stereocenters. The van der Waals surface area contributed by atoms with E-state index in [2.05, 4.69) is 5.32 Å². The van der Waals surface area contributed by atoms with Gasteiger partial charge in [-0.3, -0.25) is 9.59 Å². The number of nitrogens with zero attached hydrogens (tertiary/aromatic N) is 2. The minimum absolute atomic E-state index is 0.00299. The van der Waals surface area contributed by atoms with Crippen LogP contribution in [0.1, 0.15) is 33.6 Å². The van der Waals surface area contributed by atoms with Crippen LogP contribution in [0.5, 0.6) is 0 Å². The van der Waals surface area contributed by atoms with Crippen molar-refractivity contribution in [3.63, 3.8) is 0 Å². The molecule has 0 radical (unpaired) electrons. The molecule has 8 heteroatoms. The first kappa shape index (κ1) is 21.4. The average molecular weight is 396 g/mol. The van der Waals surface area contributed by atoms with Gasteiger partial charge in [-0.05, 0) is 18.6 Å². The molecule has 1 aliphatic heterocycles. The van der Waals surface area contributed by atoms with Crippen molar-refractivity contribution in [2.45, 2.75) is 38.5 Å². The number of benzene rings is 1. The predicted molar refractivity (Wildman–Crippen MR) is 103 cm³/mol. The molecular weight excluding hydrogens is 366 g/mol. The largest absolute Gasteiger partial charge is 0.356 e. The van der Waals surface area contributed by atoms with Gasteiger partial charge in [0.25, 0.3) is 0 Å². The number of sulfonamides is 1. The Hall–Kier alpha value is -1.93. The van der Waals surface area contributed by atoms with Gasteiger partial charge in [-0.15, -0.1) is 0 Å². The monoisotopic (exact) mass is 395 g/mol. The number of carbonyl (C=O) groups is 2. The summed E-state index contributed by atoms with van der Waals surface area (Å²) in [4.78, 5) is 26.1. The van der Waals surface area contributed by atoms with E-state index in [1.165, 1.54) is 4.31 Å². The van der Waals surface area contributed by atoms with Crippen molar-refractivity contribution >= 4 is 21.8 Å². The standard InChI is InChI=1S/C19H29N3O4S/c1-19(2,3)18(24)20-11-7-10-17(23)21-12-14-22(15-13-21)27(25,26)16-8-5-4-6-9-16/h4-6,8-9H,7,10-15H2,1-3H3,(H,20,24). The minimum atomic E-state index is -3.51. The summed E-state index contributed by atoms with van der Waals surface area (Å²) < 4.78 is 26.6. The molecule has 1 aliphatic rings. The molecule has 27 heavy (non-hydrogen) atoms. The fraction of sp³-hybridized carbons (Fsp3) is 0.579. The van der Waals surface area contributed by atoms with Crippen molar-refractivity contribution in [2.75, 3.05) is 32.7 Å². The highest BCUT2D eigenvalue weighted by Crippen LogP contribution is 2.17. The molecular formula is C19H29N3O4S. The first-order chi connectivity index (χ1) is 12.6. The van der Waals surface area contributed by atoms with Crippen molar-refractivity contribution in [3.05, 3.63) is 30.3 Å². The van der Waals surface area contributed by atoms with E-state index >= 15 is 0 Å². The summed E-state index contributed by atoms with van der Waals surface area (Å²) in [5.41, 5.74) is -0.440. The molecule has 1 N–H and O–H groups in total. The second-order valence-corrected chi connectivity index (χ2v) is 9.65. The van der Waals surface area contributed by atoms with Crippen molar-refractivity contribution in [2.24, 2.45) is 5.41 Å². The third-order valence-electron chi connectivity index (χ3n) is 4.51. The Morgan fingerprint density at radius 3 is 2.19 bits per heavy atom. The summed E-state index contributed by atoms with van der Waals surface area (Å²) in [5.74, 6) is -0.0357. The molecule has 1 aromatic rings. The molecule has 1 aromatic carbocycles. The minimum Gasteiger partial charge on any atom is -0.356 e. The maximum absolute atomic E-state index is 12.6. The van der Waals surface area contributed by atoms with E-state index < -0.39 is 15.4 Å². The normalized spacial score (nSPS) is 16.2. The second-order valence-electron chi connectivity index (χ2n) is 7.71. The smallest absolute Gasteiger partial charge is 0.243 e. The van der Waals surface area contributed by atoms with E-state index in [-0.39, 0.29) is 16.7 Å². The van der Waals surface area contributed by atoms with Crippen LogP contribution in [0.4, 0.5) is 0 Å². The first-order valence-electron chi connectivity index (χ1n) is 9.23. The summed E-state index contributed by atoms with van der Waals surface area (Å²) >= 11 is 0. The van der Waals surface area contributed by atoms with Crippen LogP contribution in [0.2, 0.25) is 0 Å². The molecule has 0 aliphatic carbocycles. The number of piperazine rings is 1. The van der Waals surface area contributed by atoms with Crippen LogP contribution in [0.25, 0.3) is 0 Å². The van der Waals surface area contributed by atoms with Crippen LogP contribution in [0, 0.1) is 5.41 Å². The molecule has 0 unspecified atom stereocenters. The van der Waals surface area contributed by atoms with Gasteiger partial charge in [0, 0.05) is 44.6 Å². The van der Waals surface area contributed by atoms with Gasteiger partial charge in [-0.25, -0.2) is 8.42 Å². The SMILES string of the molecule is CC(C)(C)C(=O)NCCCC(=O)N1CCN(S(=O)(=O)c2ccccc2)CC1. The topological polar surface area (TPSA) is 86.8 Å². The molecule has 0 spiro atoms. The molecule has 1 saturated heterocycles. The number of hydrogen-bond acceptors (Lipinski definition) is 4. The van der Waals surface area contributed by atoms with Crippen LogP contribution in [-0.2, 0) is 19.6 Å². The quantitative estimate of drug-likeness (QED) is 0.739. The Morgan fingerprint density at radius 1 is 1.04 bits per heavy atom. The van der Waals surface area contributed by atoms with E-state index in [1.807, 2.05) is 20.8 Å². The zero-order valence-corrected chi connectivity index (χ0v) is 17.1. The highest BCUT2D eigenvalue weighted by molar-refractivity contribution is 7.89. The summed E-state index contributed by atoms with van der Waals surface area (Å²) in [5, 5.41) is 2.83. The fourth-order valence-electron chi connectivity index (χ4n) is 2.78. The van der Waals surface area contributed by atoms with E-state index in [4.69, 9.17) is 0 Å². The van der Waals surface area contributed by atoms with Crippen LogP contribution < -0.4 is 5.32 Å². The van der Waals surface area contributed by atoms with Gasteiger partial charge >= 0.3 is 0 Å². The summed E-state index contributed by atoms with van der Waals surface area (Å²) in [6.45, 7) is 7.36. The highest BCUT2D eigenvalue weighted by atomic mass is 32.2. The van der Waals surface area contributed by atoms with Gasteiger partial charge in [-0.2, -0.15) is 4.31 Å². The number of amides is 2. The Balaban J connectivity index is 1.77. The second kappa shape index (κ2) is 8.84. The summed E-state index contributed by atoms with van der Waals surface area (Å²) in [6.07, 6.45) is 0.916. The van der Waals surface area contributed by atoms with Crippen LogP contribution in [0.15, 0.2) is 35.2 Å². The molecule has 150 valence electrons. The Kier molecular flexibility index (Phi) is 7.00. The molecule has 1 heterocycles. The number of hydrogen-bond donors (Lipinski definition) is 1. The maximum Gasteiger partial charge on any atom is 0.243 e. The van der Waals surface area contributed by atoms with E-state index in [1.54, 1.807) is 35.2 Å². The lowest BCUT2D eigenvalue weighted by atomic mass is 9.96. The Bertz CT molecular complexity index is 749. The molecule has 2 amide bonds. The molecule has 2 rings (SSSR count). The van der Waals surface area contributed by atoms with Crippen LogP contribution in [0.3, 0.4) is 0 Å². The zero-order valence-electron chi connectivity index (χ0n) is 16.3. The third-order valence-corrected chi connectivity index (χ3v) is 6.42. The molecule has 0 bridgehead atoms. The van der Waals surface area contributed by atoms with Gasteiger partial charge in [0.2, 0.25) is 21.8 Å². The third kappa shape index (κ3) is 5.77. The average Bonchev–Trinajstić information content (AvgIpc) is 2.65. The van der Waals surface area contributed by atoms with Gasteiger partial charge in [0.1, 0.15) is 0 Å². The van der Waals surface area contributed by atoms with Gasteiger partial charge in [0.05, 0.1) is 4.90 Å². The Labute approximate surface area is 161 Å². The zero-order chi connectivity index (χ0) is 20.1.